The predicted molar refractivity (Wildman–Crippen MR) is 83.4 cm³/mol. The molecule has 134 valence electrons. The monoisotopic (exact) mass is 365 g/mol. The molecule has 0 unspecified atom stereocenters. The lowest BCUT2D eigenvalue weighted by Crippen LogP contribution is -2.22. The molecule has 1 amide bonds. The van der Waals surface area contributed by atoms with Crippen molar-refractivity contribution in [2.24, 2.45) is 0 Å². The van der Waals surface area contributed by atoms with Crippen LogP contribution in [0.5, 0.6) is 5.75 Å². The van der Waals surface area contributed by atoms with Gasteiger partial charge < -0.3 is 10.1 Å². The molecule has 0 aliphatic carbocycles. The zero-order valence-corrected chi connectivity index (χ0v) is 12.9. The first-order chi connectivity index (χ1) is 12.2. The Hall–Kier alpha value is -3.61. The first kappa shape index (κ1) is 18.7. The average Bonchev–Trinajstić information content (AvgIpc) is 2.59. The van der Waals surface area contributed by atoms with Gasteiger partial charge in [-0.05, 0) is 30.3 Å². The minimum Gasteiger partial charge on any atom is -0.484 e. The number of nitro groups is 1. The first-order valence-corrected chi connectivity index (χ1v) is 6.99. The number of hydrogen-bond donors (Lipinski definition) is 1. The Balaban J connectivity index is 2.10. The number of rotatable bonds is 5. The molecule has 10 heteroatoms. The Bertz CT molecular complexity index is 874. The SMILES string of the molecule is N#Cc1ccc(OCC(=O)Nc2ccc([N+](=O)[O-])cc2C(F)(F)F)cc1. The molecule has 2 rings (SSSR count). The van der Waals surface area contributed by atoms with Gasteiger partial charge in [-0.1, -0.05) is 0 Å². The summed E-state index contributed by atoms with van der Waals surface area (Å²) in [6.07, 6.45) is -4.89. The van der Waals surface area contributed by atoms with Crippen molar-refractivity contribution in [3.63, 3.8) is 0 Å². The molecule has 1 N–H and O–H groups in total. The zero-order valence-electron chi connectivity index (χ0n) is 12.9. The molecule has 0 heterocycles. The summed E-state index contributed by atoms with van der Waals surface area (Å²) in [5, 5.41) is 21.3. The molecule has 0 radical (unpaired) electrons. The van der Waals surface area contributed by atoms with Crippen LogP contribution in [0.2, 0.25) is 0 Å². The number of nitrogens with zero attached hydrogens (tertiary/aromatic N) is 2. The number of carbonyl (C=O) groups is 1. The number of benzene rings is 2. The number of hydrogen-bond acceptors (Lipinski definition) is 5. The quantitative estimate of drug-likeness (QED) is 0.645. The number of anilines is 1. The largest absolute Gasteiger partial charge is 0.484 e. The Morgan fingerprint density at radius 2 is 1.88 bits per heavy atom. The highest BCUT2D eigenvalue weighted by Gasteiger charge is 2.35. The standard InChI is InChI=1S/C16H10F3N3O4/c17-16(18,19)13-7-11(22(24)25)3-6-14(13)21-15(23)9-26-12-4-1-10(8-20)2-5-12/h1-7H,9H2,(H,21,23). The molecule has 0 bridgehead atoms. The molecule has 0 aromatic heterocycles. The van der Waals surface area contributed by atoms with Gasteiger partial charge in [0.25, 0.3) is 11.6 Å². The van der Waals surface area contributed by atoms with E-state index in [1.54, 1.807) is 0 Å². The van der Waals surface area contributed by atoms with Crippen molar-refractivity contribution < 1.29 is 27.6 Å². The lowest BCUT2D eigenvalue weighted by molar-refractivity contribution is -0.385. The Morgan fingerprint density at radius 3 is 2.42 bits per heavy atom. The summed E-state index contributed by atoms with van der Waals surface area (Å²) in [5.74, 6) is -0.632. The van der Waals surface area contributed by atoms with Gasteiger partial charge in [0.2, 0.25) is 0 Å². The molecule has 0 spiro atoms. The maximum Gasteiger partial charge on any atom is 0.418 e. The molecule has 0 fully saturated rings. The topological polar surface area (TPSA) is 105 Å². The van der Waals surface area contributed by atoms with Crippen molar-refractivity contribution in [3.8, 4) is 11.8 Å². The van der Waals surface area contributed by atoms with E-state index in [1.807, 2.05) is 11.4 Å². The third-order valence-electron chi connectivity index (χ3n) is 3.15. The summed E-state index contributed by atoms with van der Waals surface area (Å²) in [6, 6.07) is 9.66. The molecule has 0 aliphatic heterocycles. The van der Waals surface area contributed by atoms with Gasteiger partial charge >= 0.3 is 6.18 Å². The van der Waals surface area contributed by atoms with Crippen LogP contribution >= 0.6 is 0 Å². The molecule has 0 atom stereocenters. The van der Waals surface area contributed by atoms with Crippen molar-refractivity contribution in [1.29, 1.82) is 5.26 Å². The number of nitro benzene ring substituents is 1. The maximum absolute atomic E-state index is 13.0. The second-order valence-corrected chi connectivity index (χ2v) is 4.96. The number of ether oxygens (including phenoxy) is 1. The van der Waals surface area contributed by atoms with Crippen LogP contribution in [0, 0.1) is 21.4 Å². The van der Waals surface area contributed by atoms with Gasteiger partial charge in [0.05, 0.1) is 27.8 Å². The lowest BCUT2D eigenvalue weighted by atomic mass is 10.1. The van der Waals surface area contributed by atoms with Crippen LogP contribution in [0.4, 0.5) is 24.5 Å². The van der Waals surface area contributed by atoms with Crippen LogP contribution in [0.25, 0.3) is 0 Å². The van der Waals surface area contributed by atoms with E-state index in [0.29, 0.717) is 11.6 Å². The minimum absolute atomic E-state index is 0.249. The average molecular weight is 365 g/mol. The summed E-state index contributed by atoms with van der Waals surface area (Å²) >= 11 is 0. The van der Waals surface area contributed by atoms with E-state index < -0.39 is 40.6 Å². The number of amides is 1. The van der Waals surface area contributed by atoms with Gasteiger partial charge in [0.1, 0.15) is 5.75 Å². The van der Waals surface area contributed by atoms with E-state index in [4.69, 9.17) is 10.00 Å². The third-order valence-corrected chi connectivity index (χ3v) is 3.15. The maximum atomic E-state index is 13.0. The van der Waals surface area contributed by atoms with Crippen molar-refractivity contribution in [1.82, 2.24) is 0 Å². The third kappa shape index (κ3) is 4.70. The summed E-state index contributed by atoms with van der Waals surface area (Å²) < 4.78 is 44.2. The van der Waals surface area contributed by atoms with E-state index >= 15 is 0 Å². The molecule has 0 saturated carbocycles. The molecule has 26 heavy (non-hydrogen) atoms. The number of halogens is 3. The Labute approximate surface area is 144 Å². The molecule has 0 aliphatic rings. The molecule has 2 aromatic carbocycles. The normalized spacial score (nSPS) is 10.7. The van der Waals surface area contributed by atoms with Crippen LogP contribution in [-0.2, 0) is 11.0 Å². The molecule has 7 nitrogen and oxygen atoms in total. The van der Waals surface area contributed by atoms with Gasteiger partial charge in [-0.15, -0.1) is 0 Å². The van der Waals surface area contributed by atoms with E-state index in [2.05, 4.69) is 0 Å². The fourth-order valence-corrected chi connectivity index (χ4v) is 1.95. The summed E-state index contributed by atoms with van der Waals surface area (Å²) in [6.45, 7) is -0.583. The zero-order chi connectivity index (χ0) is 19.3. The predicted octanol–water partition coefficient (Wildman–Crippen LogP) is 3.50. The van der Waals surface area contributed by atoms with Gasteiger partial charge in [0, 0.05) is 12.1 Å². The number of non-ortho nitro benzene ring substituents is 1. The number of carbonyl (C=O) groups excluding carboxylic acids is 1. The van der Waals surface area contributed by atoms with Crippen molar-refractivity contribution in [2.45, 2.75) is 6.18 Å². The van der Waals surface area contributed by atoms with E-state index in [9.17, 15) is 28.1 Å². The van der Waals surface area contributed by atoms with Crippen LogP contribution in [0.1, 0.15) is 11.1 Å². The number of nitrogens with one attached hydrogen (secondary N) is 1. The molecular weight excluding hydrogens is 355 g/mol. The highest BCUT2D eigenvalue weighted by Crippen LogP contribution is 2.37. The van der Waals surface area contributed by atoms with Gasteiger partial charge in [-0.3, -0.25) is 14.9 Å². The second kappa shape index (κ2) is 7.52. The minimum atomic E-state index is -4.89. The number of nitriles is 1. The van der Waals surface area contributed by atoms with Crippen molar-refractivity contribution in [2.75, 3.05) is 11.9 Å². The van der Waals surface area contributed by atoms with Crippen LogP contribution in [0.3, 0.4) is 0 Å². The smallest absolute Gasteiger partial charge is 0.418 e. The fraction of sp³-hybridized carbons (Fsp3) is 0.125. The van der Waals surface area contributed by atoms with E-state index in [0.717, 1.165) is 12.1 Å². The van der Waals surface area contributed by atoms with E-state index in [-0.39, 0.29) is 5.75 Å². The Morgan fingerprint density at radius 1 is 1.23 bits per heavy atom. The molecule has 2 aromatic rings. The van der Waals surface area contributed by atoms with Crippen LogP contribution in [0.15, 0.2) is 42.5 Å². The van der Waals surface area contributed by atoms with Gasteiger partial charge in [-0.25, -0.2) is 0 Å². The summed E-state index contributed by atoms with van der Waals surface area (Å²) in [7, 11) is 0. The highest BCUT2D eigenvalue weighted by molar-refractivity contribution is 5.93. The number of alkyl halides is 3. The second-order valence-electron chi connectivity index (χ2n) is 4.96. The fourth-order valence-electron chi connectivity index (χ4n) is 1.95. The summed E-state index contributed by atoms with van der Waals surface area (Å²) in [4.78, 5) is 21.5. The molecular formula is C16H10F3N3O4. The van der Waals surface area contributed by atoms with Crippen LogP contribution < -0.4 is 10.1 Å². The summed E-state index contributed by atoms with van der Waals surface area (Å²) in [5.41, 5.74) is -2.32. The van der Waals surface area contributed by atoms with Crippen molar-refractivity contribution in [3.05, 3.63) is 63.7 Å². The van der Waals surface area contributed by atoms with Crippen LogP contribution in [-0.4, -0.2) is 17.4 Å². The van der Waals surface area contributed by atoms with E-state index in [1.165, 1.54) is 24.3 Å². The van der Waals surface area contributed by atoms with Crippen molar-refractivity contribution >= 4 is 17.3 Å². The van der Waals surface area contributed by atoms with Gasteiger partial charge in [-0.2, -0.15) is 18.4 Å². The Kier molecular flexibility index (Phi) is 5.42. The van der Waals surface area contributed by atoms with Gasteiger partial charge in [0.15, 0.2) is 6.61 Å². The lowest BCUT2D eigenvalue weighted by Gasteiger charge is -2.14. The first-order valence-electron chi connectivity index (χ1n) is 6.99. The molecule has 0 saturated heterocycles. The highest BCUT2D eigenvalue weighted by atomic mass is 19.4.